The first kappa shape index (κ1) is 23.4. The highest BCUT2D eigenvalue weighted by Crippen LogP contribution is 2.16. The molecule has 0 saturated carbocycles. The molecule has 1 amide bonds. The van der Waals surface area contributed by atoms with Gasteiger partial charge in [-0.2, -0.15) is 5.26 Å². The summed E-state index contributed by atoms with van der Waals surface area (Å²) in [6.07, 6.45) is 3.73. The zero-order chi connectivity index (χ0) is 23.5. The van der Waals surface area contributed by atoms with Gasteiger partial charge in [-0.25, -0.2) is 0 Å². The van der Waals surface area contributed by atoms with Crippen molar-refractivity contribution in [2.45, 2.75) is 26.3 Å². The van der Waals surface area contributed by atoms with Crippen LogP contribution in [0.1, 0.15) is 29.7 Å². The predicted molar refractivity (Wildman–Crippen MR) is 122 cm³/mol. The molecule has 0 atom stereocenters. The van der Waals surface area contributed by atoms with Crippen LogP contribution in [0.25, 0.3) is 6.08 Å². The number of esters is 1. The van der Waals surface area contributed by atoms with E-state index < -0.39 is 5.91 Å². The maximum atomic E-state index is 12.2. The first-order valence-corrected chi connectivity index (χ1v) is 10.5. The number of aryl methyl sites for hydroxylation is 1. The van der Waals surface area contributed by atoms with Crippen LogP contribution in [0.5, 0.6) is 11.5 Å². The number of hydrogen-bond acceptors (Lipinski definition) is 6. The van der Waals surface area contributed by atoms with E-state index in [-0.39, 0.29) is 24.5 Å². The number of carbonyl (C=O) groups is 2. The third-order valence-electron chi connectivity index (χ3n) is 4.61. The molecule has 0 aliphatic rings. The smallest absolute Gasteiger partial charge is 0.311 e. The van der Waals surface area contributed by atoms with Gasteiger partial charge in [0.1, 0.15) is 28.9 Å². The molecule has 0 saturated heterocycles. The van der Waals surface area contributed by atoms with E-state index in [2.05, 4.69) is 5.32 Å². The summed E-state index contributed by atoms with van der Waals surface area (Å²) < 4.78 is 16.1. The van der Waals surface area contributed by atoms with Gasteiger partial charge in [-0.3, -0.25) is 9.59 Å². The van der Waals surface area contributed by atoms with Gasteiger partial charge in [0.15, 0.2) is 0 Å². The van der Waals surface area contributed by atoms with E-state index in [9.17, 15) is 14.9 Å². The Balaban J connectivity index is 1.44. The molecule has 7 heteroatoms. The Labute approximate surface area is 192 Å². The molecule has 0 bridgehead atoms. The quantitative estimate of drug-likeness (QED) is 0.162. The number of carbonyl (C=O) groups excluding carboxylic acids is 2. The molecular weight excluding hydrogens is 420 g/mol. The highest BCUT2D eigenvalue weighted by Gasteiger charge is 2.10. The van der Waals surface area contributed by atoms with E-state index in [1.807, 2.05) is 37.3 Å². The molecule has 1 aromatic heterocycles. The van der Waals surface area contributed by atoms with E-state index in [0.717, 1.165) is 11.3 Å². The summed E-state index contributed by atoms with van der Waals surface area (Å²) in [7, 11) is 0. The van der Waals surface area contributed by atoms with Crippen LogP contribution in [-0.4, -0.2) is 18.5 Å². The zero-order valence-electron chi connectivity index (χ0n) is 18.2. The van der Waals surface area contributed by atoms with E-state index in [4.69, 9.17) is 13.9 Å². The number of hydrogen-bond donors (Lipinski definition) is 1. The van der Waals surface area contributed by atoms with Crippen LogP contribution in [0, 0.1) is 18.3 Å². The number of ether oxygens (including phenoxy) is 2. The van der Waals surface area contributed by atoms with Crippen molar-refractivity contribution in [3.05, 3.63) is 89.4 Å². The predicted octanol–water partition coefficient (Wildman–Crippen LogP) is 4.58. The Morgan fingerprint density at radius 2 is 1.79 bits per heavy atom. The van der Waals surface area contributed by atoms with Crippen molar-refractivity contribution in [1.82, 2.24) is 5.32 Å². The summed E-state index contributed by atoms with van der Waals surface area (Å²) in [6, 6.07) is 19.6. The number of benzene rings is 2. The average Bonchev–Trinajstić information content (AvgIpc) is 3.35. The summed E-state index contributed by atoms with van der Waals surface area (Å²) in [6.45, 7) is 2.61. The normalized spacial score (nSPS) is 10.8. The lowest BCUT2D eigenvalue weighted by atomic mass is 10.1. The van der Waals surface area contributed by atoms with Crippen molar-refractivity contribution in [3.8, 4) is 17.6 Å². The molecule has 0 aliphatic heterocycles. The molecule has 0 unspecified atom stereocenters. The lowest BCUT2D eigenvalue weighted by Gasteiger charge is -2.07. The van der Waals surface area contributed by atoms with Crippen molar-refractivity contribution in [2.24, 2.45) is 0 Å². The minimum absolute atomic E-state index is 0.0418. The van der Waals surface area contributed by atoms with Crippen LogP contribution in [0.2, 0.25) is 0 Å². The van der Waals surface area contributed by atoms with E-state index in [0.29, 0.717) is 30.1 Å². The third-order valence-corrected chi connectivity index (χ3v) is 4.61. The molecule has 0 aliphatic carbocycles. The van der Waals surface area contributed by atoms with Gasteiger partial charge in [-0.05, 0) is 61.4 Å². The maximum Gasteiger partial charge on any atom is 0.311 e. The minimum Gasteiger partial charge on any atom is -0.494 e. The van der Waals surface area contributed by atoms with Crippen LogP contribution in [0.4, 0.5) is 0 Å². The van der Waals surface area contributed by atoms with E-state index in [1.165, 1.54) is 12.3 Å². The van der Waals surface area contributed by atoms with Gasteiger partial charge >= 0.3 is 5.97 Å². The second kappa shape index (κ2) is 11.9. The summed E-state index contributed by atoms with van der Waals surface area (Å²) in [4.78, 5) is 24.2. The van der Waals surface area contributed by atoms with Gasteiger partial charge in [-0.15, -0.1) is 0 Å². The van der Waals surface area contributed by atoms with Crippen molar-refractivity contribution in [2.75, 3.05) is 6.61 Å². The monoisotopic (exact) mass is 444 g/mol. The van der Waals surface area contributed by atoms with Gasteiger partial charge in [0, 0.05) is 6.42 Å². The molecule has 1 heterocycles. The fourth-order valence-electron chi connectivity index (χ4n) is 2.85. The molecular formula is C26H24N2O5. The van der Waals surface area contributed by atoms with Crippen LogP contribution in [0.15, 0.2) is 76.9 Å². The first-order valence-electron chi connectivity index (χ1n) is 10.5. The summed E-state index contributed by atoms with van der Waals surface area (Å²) in [5.74, 6) is 0.882. The largest absolute Gasteiger partial charge is 0.494 e. The van der Waals surface area contributed by atoms with Crippen molar-refractivity contribution in [3.63, 3.8) is 0 Å². The molecule has 3 rings (SSSR count). The second-order valence-electron chi connectivity index (χ2n) is 7.24. The Morgan fingerprint density at radius 3 is 2.45 bits per heavy atom. The molecule has 0 fully saturated rings. The standard InChI is InChI=1S/C26H24N2O5/c1-19-6-10-22(11-7-19)31-15-3-5-25(29)33-23-12-8-20(9-13-23)16-21(17-27)26(30)28-18-24-4-2-14-32-24/h2,4,6-14,16H,3,5,15,18H2,1H3,(H,28,30)/b21-16+. The van der Waals surface area contributed by atoms with Gasteiger partial charge in [0.25, 0.3) is 5.91 Å². The molecule has 1 N–H and O–H groups in total. The molecule has 0 radical (unpaired) electrons. The number of nitrogens with one attached hydrogen (secondary N) is 1. The molecule has 3 aromatic rings. The lowest BCUT2D eigenvalue weighted by Crippen LogP contribution is -2.23. The Bertz CT molecular complexity index is 1120. The Morgan fingerprint density at radius 1 is 1.06 bits per heavy atom. The van der Waals surface area contributed by atoms with Crippen LogP contribution in [0.3, 0.4) is 0 Å². The molecule has 33 heavy (non-hydrogen) atoms. The van der Waals surface area contributed by atoms with Crippen molar-refractivity contribution < 1.29 is 23.5 Å². The zero-order valence-corrected chi connectivity index (χ0v) is 18.2. The molecule has 168 valence electrons. The topological polar surface area (TPSA) is 102 Å². The average molecular weight is 444 g/mol. The highest BCUT2D eigenvalue weighted by atomic mass is 16.5. The third kappa shape index (κ3) is 7.71. The van der Waals surface area contributed by atoms with Gasteiger partial charge in [-0.1, -0.05) is 29.8 Å². The fourth-order valence-corrected chi connectivity index (χ4v) is 2.85. The van der Waals surface area contributed by atoms with E-state index in [1.54, 1.807) is 36.4 Å². The van der Waals surface area contributed by atoms with Crippen LogP contribution >= 0.6 is 0 Å². The van der Waals surface area contributed by atoms with Gasteiger partial charge in [0.05, 0.1) is 19.4 Å². The number of nitrogens with zero attached hydrogens (tertiary/aromatic N) is 1. The highest BCUT2D eigenvalue weighted by molar-refractivity contribution is 6.01. The van der Waals surface area contributed by atoms with Gasteiger partial charge < -0.3 is 19.2 Å². The van der Waals surface area contributed by atoms with Crippen LogP contribution in [-0.2, 0) is 16.1 Å². The SMILES string of the molecule is Cc1ccc(OCCCC(=O)Oc2ccc(/C=C(\C#N)C(=O)NCc3ccco3)cc2)cc1. The lowest BCUT2D eigenvalue weighted by molar-refractivity contribution is -0.134. The number of nitriles is 1. The van der Waals surface area contributed by atoms with Crippen molar-refractivity contribution >= 4 is 18.0 Å². The van der Waals surface area contributed by atoms with Gasteiger partial charge in [0.2, 0.25) is 0 Å². The summed E-state index contributed by atoms with van der Waals surface area (Å²) >= 11 is 0. The minimum atomic E-state index is -0.503. The molecule has 0 spiro atoms. The molecule has 2 aromatic carbocycles. The van der Waals surface area contributed by atoms with Crippen LogP contribution < -0.4 is 14.8 Å². The number of furan rings is 1. The molecule has 7 nitrogen and oxygen atoms in total. The summed E-state index contributed by atoms with van der Waals surface area (Å²) in [5.41, 5.74) is 1.75. The first-order chi connectivity index (χ1) is 16.0. The van der Waals surface area contributed by atoms with Crippen molar-refractivity contribution in [1.29, 1.82) is 5.26 Å². The second-order valence-corrected chi connectivity index (χ2v) is 7.24. The Kier molecular flexibility index (Phi) is 8.43. The Hall–Kier alpha value is -4.31. The summed E-state index contributed by atoms with van der Waals surface area (Å²) in [5, 5.41) is 11.9. The van der Waals surface area contributed by atoms with E-state index >= 15 is 0 Å². The number of amides is 1. The fraction of sp³-hybridized carbons (Fsp3) is 0.192. The maximum absolute atomic E-state index is 12.2. The number of rotatable bonds is 10.